The average molecular weight is 234 g/mol. The minimum absolute atomic E-state index is 0.0431. The van der Waals surface area contributed by atoms with Crippen LogP contribution in [0.4, 0.5) is 0 Å². The lowest BCUT2D eigenvalue weighted by atomic mass is 10.1. The van der Waals surface area contributed by atoms with Crippen molar-refractivity contribution in [3.05, 3.63) is 0 Å². The summed E-state index contributed by atoms with van der Waals surface area (Å²) in [7, 11) is 0. The van der Waals surface area contributed by atoms with Crippen LogP contribution in [-0.2, 0) is 9.59 Å². The van der Waals surface area contributed by atoms with Gasteiger partial charge in [0, 0.05) is 18.9 Å². The summed E-state index contributed by atoms with van der Waals surface area (Å²) in [5, 5.41) is 8.96. The molecule has 1 aliphatic carbocycles. The number of carbonyl (C=O) groups excluding carboxylic acids is 2. The van der Waals surface area contributed by atoms with Crippen molar-refractivity contribution in [1.82, 2.24) is 4.90 Å². The van der Waals surface area contributed by atoms with Gasteiger partial charge < -0.3 is 9.69 Å². The molecule has 0 aromatic carbocycles. The molecular formula is C13H18N2O2. The lowest BCUT2D eigenvalue weighted by molar-refractivity contribution is -0.131. The van der Waals surface area contributed by atoms with Gasteiger partial charge in [0.1, 0.15) is 12.3 Å². The number of aldehydes is 1. The normalized spacial score (nSPS) is 27.8. The zero-order valence-electron chi connectivity index (χ0n) is 9.97. The van der Waals surface area contributed by atoms with Crippen molar-refractivity contribution in [3.8, 4) is 6.07 Å². The first-order valence-electron chi connectivity index (χ1n) is 6.39. The predicted octanol–water partition coefficient (Wildman–Crippen LogP) is 1.51. The van der Waals surface area contributed by atoms with E-state index in [2.05, 4.69) is 6.07 Å². The van der Waals surface area contributed by atoms with E-state index in [1.807, 2.05) is 0 Å². The van der Waals surface area contributed by atoms with Crippen LogP contribution in [0, 0.1) is 23.2 Å². The van der Waals surface area contributed by atoms with Gasteiger partial charge in [-0.05, 0) is 25.2 Å². The molecule has 4 heteroatoms. The molecule has 92 valence electrons. The maximum atomic E-state index is 11.9. The van der Waals surface area contributed by atoms with Crippen LogP contribution in [0.15, 0.2) is 0 Å². The van der Waals surface area contributed by atoms with Gasteiger partial charge in [0.15, 0.2) is 0 Å². The van der Waals surface area contributed by atoms with Gasteiger partial charge in [0.25, 0.3) is 0 Å². The molecule has 0 radical (unpaired) electrons. The Morgan fingerprint density at radius 3 is 2.82 bits per heavy atom. The molecule has 4 nitrogen and oxygen atoms in total. The van der Waals surface area contributed by atoms with Crippen LogP contribution in [0.25, 0.3) is 0 Å². The summed E-state index contributed by atoms with van der Waals surface area (Å²) in [6.07, 6.45) is 6.58. The Morgan fingerprint density at radius 2 is 2.24 bits per heavy atom. The van der Waals surface area contributed by atoms with Gasteiger partial charge in [0.2, 0.25) is 5.91 Å². The number of nitrogens with zero attached hydrogens (tertiary/aromatic N) is 2. The Labute approximate surface area is 102 Å². The number of likely N-dealkylation sites (tertiary alicyclic amines) is 1. The smallest absolute Gasteiger partial charge is 0.223 e. The summed E-state index contributed by atoms with van der Waals surface area (Å²) in [4.78, 5) is 24.2. The van der Waals surface area contributed by atoms with Crippen molar-refractivity contribution in [1.29, 1.82) is 5.26 Å². The fourth-order valence-electron chi connectivity index (χ4n) is 2.46. The van der Waals surface area contributed by atoms with E-state index < -0.39 is 6.04 Å². The molecular weight excluding hydrogens is 216 g/mol. The molecule has 1 amide bonds. The Bertz CT molecular complexity index is 344. The second-order valence-corrected chi connectivity index (χ2v) is 5.16. The summed E-state index contributed by atoms with van der Waals surface area (Å²) >= 11 is 0. The summed E-state index contributed by atoms with van der Waals surface area (Å²) in [6.45, 7) is 0.435. The summed E-state index contributed by atoms with van der Waals surface area (Å²) in [5.41, 5.74) is 0. The molecule has 0 aromatic heterocycles. The minimum Gasteiger partial charge on any atom is -0.326 e. The molecule has 17 heavy (non-hydrogen) atoms. The fourth-order valence-corrected chi connectivity index (χ4v) is 2.46. The zero-order valence-corrected chi connectivity index (χ0v) is 9.97. The lowest BCUT2D eigenvalue weighted by Gasteiger charge is -2.19. The minimum atomic E-state index is -0.390. The van der Waals surface area contributed by atoms with Crippen LogP contribution in [0.2, 0.25) is 0 Å². The first-order chi connectivity index (χ1) is 8.24. The molecule has 0 N–H and O–H groups in total. The molecule has 1 heterocycles. The second-order valence-electron chi connectivity index (χ2n) is 5.16. The van der Waals surface area contributed by atoms with Crippen LogP contribution in [0.5, 0.6) is 0 Å². The average Bonchev–Trinajstić information content (AvgIpc) is 3.06. The fraction of sp³-hybridized carbons (Fsp3) is 0.769. The molecule has 2 rings (SSSR count). The van der Waals surface area contributed by atoms with Gasteiger partial charge in [-0.15, -0.1) is 0 Å². The third-order valence-electron chi connectivity index (χ3n) is 3.70. The van der Waals surface area contributed by atoms with Crippen molar-refractivity contribution in [2.75, 3.05) is 6.54 Å². The van der Waals surface area contributed by atoms with E-state index in [9.17, 15) is 9.59 Å². The van der Waals surface area contributed by atoms with Crippen LogP contribution in [0.1, 0.15) is 38.5 Å². The largest absolute Gasteiger partial charge is 0.326 e. The SMILES string of the molecule is N#CC1CC(C=O)CN1C(=O)CCCC1CC1. The van der Waals surface area contributed by atoms with Crippen molar-refractivity contribution in [2.45, 2.75) is 44.6 Å². The first kappa shape index (κ1) is 12.1. The molecule has 1 aliphatic heterocycles. The Balaban J connectivity index is 1.80. The Hall–Kier alpha value is -1.37. The highest BCUT2D eigenvalue weighted by Crippen LogP contribution is 2.34. The first-order valence-corrected chi connectivity index (χ1v) is 6.39. The number of hydrogen-bond donors (Lipinski definition) is 0. The third kappa shape index (κ3) is 3.06. The number of rotatable bonds is 5. The standard InChI is InChI=1S/C13H18N2O2/c14-7-12-6-11(9-16)8-15(12)13(17)3-1-2-10-4-5-10/h9-12H,1-6,8H2. The van der Waals surface area contributed by atoms with E-state index in [1.165, 1.54) is 12.8 Å². The van der Waals surface area contributed by atoms with Gasteiger partial charge in [-0.2, -0.15) is 5.26 Å². The monoisotopic (exact) mass is 234 g/mol. The summed E-state index contributed by atoms with van der Waals surface area (Å²) < 4.78 is 0. The quantitative estimate of drug-likeness (QED) is 0.677. The second kappa shape index (κ2) is 5.31. The molecule has 0 bridgehead atoms. The van der Waals surface area contributed by atoms with E-state index in [0.29, 0.717) is 19.4 Å². The highest BCUT2D eigenvalue weighted by Gasteiger charge is 2.34. The maximum absolute atomic E-state index is 11.9. The predicted molar refractivity (Wildman–Crippen MR) is 61.9 cm³/mol. The van der Waals surface area contributed by atoms with Gasteiger partial charge >= 0.3 is 0 Å². The molecule has 0 aromatic rings. The number of nitriles is 1. The third-order valence-corrected chi connectivity index (χ3v) is 3.70. The summed E-state index contributed by atoms with van der Waals surface area (Å²) in [5.74, 6) is 0.740. The number of hydrogen-bond acceptors (Lipinski definition) is 3. The van der Waals surface area contributed by atoms with Crippen LogP contribution < -0.4 is 0 Å². The molecule has 2 fully saturated rings. The lowest BCUT2D eigenvalue weighted by Crippen LogP contribution is -2.34. The van der Waals surface area contributed by atoms with Crippen molar-refractivity contribution in [2.24, 2.45) is 11.8 Å². The zero-order chi connectivity index (χ0) is 12.3. The molecule has 2 atom stereocenters. The molecule has 0 spiro atoms. The van der Waals surface area contributed by atoms with Gasteiger partial charge in [-0.1, -0.05) is 12.8 Å². The topological polar surface area (TPSA) is 61.2 Å². The molecule has 1 saturated heterocycles. The van der Waals surface area contributed by atoms with Crippen LogP contribution in [0.3, 0.4) is 0 Å². The molecule has 2 unspecified atom stereocenters. The summed E-state index contributed by atoms with van der Waals surface area (Å²) in [6, 6.07) is 1.73. The van der Waals surface area contributed by atoms with Crippen molar-refractivity contribution in [3.63, 3.8) is 0 Å². The van der Waals surface area contributed by atoms with E-state index in [0.717, 1.165) is 25.0 Å². The van der Waals surface area contributed by atoms with Crippen LogP contribution in [-0.4, -0.2) is 29.7 Å². The number of amides is 1. The van der Waals surface area contributed by atoms with Gasteiger partial charge in [-0.3, -0.25) is 4.79 Å². The highest BCUT2D eigenvalue weighted by atomic mass is 16.2. The van der Waals surface area contributed by atoms with E-state index >= 15 is 0 Å². The van der Waals surface area contributed by atoms with E-state index in [-0.39, 0.29) is 11.8 Å². The molecule has 2 aliphatic rings. The van der Waals surface area contributed by atoms with Gasteiger partial charge in [0.05, 0.1) is 6.07 Å². The van der Waals surface area contributed by atoms with Gasteiger partial charge in [-0.25, -0.2) is 0 Å². The highest BCUT2D eigenvalue weighted by molar-refractivity contribution is 5.78. The Morgan fingerprint density at radius 1 is 1.47 bits per heavy atom. The van der Waals surface area contributed by atoms with Crippen molar-refractivity contribution >= 4 is 12.2 Å². The Kier molecular flexibility index (Phi) is 3.78. The van der Waals surface area contributed by atoms with E-state index in [1.54, 1.807) is 4.90 Å². The maximum Gasteiger partial charge on any atom is 0.223 e. The van der Waals surface area contributed by atoms with Crippen LogP contribution >= 0.6 is 0 Å². The molecule has 1 saturated carbocycles. The van der Waals surface area contributed by atoms with E-state index in [4.69, 9.17) is 5.26 Å². The van der Waals surface area contributed by atoms with Crippen molar-refractivity contribution < 1.29 is 9.59 Å². The number of carbonyl (C=O) groups is 2.